The highest BCUT2D eigenvalue weighted by molar-refractivity contribution is 6.45. The van der Waals surface area contributed by atoms with E-state index < -0.39 is 5.97 Å². The first-order valence-corrected chi connectivity index (χ1v) is 5.81. The molecule has 0 radical (unpaired) electrons. The Kier molecular flexibility index (Phi) is 1.64. The van der Waals surface area contributed by atoms with Crippen LogP contribution in [-0.4, -0.2) is 23.3 Å². The maximum Gasteiger partial charge on any atom is 0.334 e. The summed E-state index contributed by atoms with van der Waals surface area (Å²) in [6.45, 7) is 0.282. The van der Waals surface area contributed by atoms with Crippen LogP contribution in [0.4, 0.5) is 0 Å². The molecule has 0 atom stereocenters. The van der Waals surface area contributed by atoms with Gasteiger partial charge >= 0.3 is 5.97 Å². The molecule has 2 aromatic carbocycles. The Labute approximate surface area is 103 Å². The Balaban J connectivity index is 2.19. The van der Waals surface area contributed by atoms with Crippen LogP contribution in [0.5, 0.6) is 0 Å². The lowest BCUT2D eigenvalue weighted by Gasteiger charge is -2.02. The van der Waals surface area contributed by atoms with Crippen molar-refractivity contribution in [3.8, 4) is 0 Å². The molecule has 1 aliphatic carbocycles. The van der Waals surface area contributed by atoms with E-state index in [4.69, 9.17) is 0 Å². The van der Waals surface area contributed by atoms with E-state index in [-0.39, 0.29) is 6.54 Å². The third-order valence-electron chi connectivity index (χ3n) is 3.62. The number of rotatable bonds is 1. The molecular formula is C15H9NO2. The fraction of sp³-hybridized carbons (Fsp3) is 0.0667. The van der Waals surface area contributed by atoms with Crippen molar-refractivity contribution in [2.75, 3.05) is 6.54 Å². The van der Waals surface area contributed by atoms with Crippen molar-refractivity contribution in [1.29, 1.82) is 0 Å². The van der Waals surface area contributed by atoms with Crippen LogP contribution in [0.25, 0.3) is 16.3 Å². The summed E-state index contributed by atoms with van der Waals surface area (Å²) in [5, 5.41) is 11.5. The van der Waals surface area contributed by atoms with E-state index in [9.17, 15) is 9.90 Å². The van der Waals surface area contributed by atoms with Gasteiger partial charge in [0.15, 0.2) is 0 Å². The number of allylic oxidation sites excluding steroid dienone is 1. The second-order valence-corrected chi connectivity index (χ2v) is 4.53. The lowest BCUT2D eigenvalue weighted by Crippen LogP contribution is -2.04. The Bertz CT molecular complexity index is 779. The largest absolute Gasteiger partial charge is 0.478 e. The summed E-state index contributed by atoms with van der Waals surface area (Å²) < 4.78 is 0. The molecule has 3 nitrogen and oxygen atoms in total. The van der Waals surface area contributed by atoms with E-state index in [2.05, 4.69) is 4.99 Å². The van der Waals surface area contributed by atoms with Crippen molar-refractivity contribution in [2.45, 2.75) is 0 Å². The van der Waals surface area contributed by atoms with Gasteiger partial charge in [-0.1, -0.05) is 36.4 Å². The van der Waals surface area contributed by atoms with Gasteiger partial charge < -0.3 is 5.11 Å². The second kappa shape index (κ2) is 3.07. The highest BCUT2D eigenvalue weighted by Crippen LogP contribution is 2.42. The van der Waals surface area contributed by atoms with Crippen LogP contribution in [0.2, 0.25) is 0 Å². The molecule has 0 saturated heterocycles. The minimum atomic E-state index is -0.867. The first-order valence-electron chi connectivity index (χ1n) is 5.81. The third kappa shape index (κ3) is 0.991. The minimum Gasteiger partial charge on any atom is -0.478 e. The second-order valence-electron chi connectivity index (χ2n) is 4.53. The van der Waals surface area contributed by atoms with Crippen molar-refractivity contribution >= 4 is 28.0 Å². The Hall–Kier alpha value is -2.42. The van der Waals surface area contributed by atoms with Gasteiger partial charge in [0, 0.05) is 11.1 Å². The first-order chi connectivity index (χ1) is 8.77. The van der Waals surface area contributed by atoms with Gasteiger partial charge in [-0.3, -0.25) is 4.99 Å². The highest BCUT2D eigenvalue weighted by Gasteiger charge is 2.33. The summed E-state index contributed by atoms with van der Waals surface area (Å²) in [5.74, 6) is -0.867. The number of carbonyl (C=O) groups is 1. The molecule has 0 spiro atoms. The topological polar surface area (TPSA) is 49.7 Å². The summed E-state index contributed by atoms with van der Waals surface area (Å²) in [6, 6.07) is 12.1. The first kappa shape index (κ1) is 9.59. The van der Waals surface area contributed by atoms with Crippen LogP contribution < -0.4 is 0 Å². The quantitative estimate of drug-likeness (QED) is 0.825. The van der Waals surface area contributed by atoms with Gasteiger partial charge in [-0.25, -0.2) is 4.79 Å². The zero-order chi connectivity index (χ0) is 12.3. The standard InChI is InChI=1S/C15H9NO2/c17-15(18)11-7-16-14-10-6-2-4-8-3-1-5-9(12(8)10)13(11)14/h1-6H,7H2,(H,17,18). The number of hydrogen-bond donors (Lipinski definition) is 1. The van der Waals surface area contributed by atoms with Crippen molar-refractivity contribution in [3.05, 3.63) is 53.1 Å². The normalized spacial score (nSPS) is 16.1. The van der Waals surface area contributed by atoms with Gasteiger partial charge in [-0.05, 0) is 16.3 Å². The molecule has 1 N–H and O–H groups in total. The molecular weight excluding hydrogens is 226 g/mol. The predicted octanol–water partition coefficient (Wildman–Crippen LogP) is 2.49. The number of carboxylic acids is 1. The van der Waals surface area contributed by atoms with E-state index in [1.54, 1.807) is 0 Å². The zero-order valence-corrected chi connectivity index (χ0v) is 9.47. The Morgan fingerprint density at radius 2 is 1.83 bits per heavy atom. The molecule has 0 saturated carbocycles. The number of aliphatic carboxylic acids is 1. The molecule has 2 aliphatic rings. The van der Waals surface area contributed by atoms with Crippen molar-refractivity contribution in [3.63, 3.8) is 0 Å². The van der Waals surface area contributed by atoms with Crippen molar-refractivity contribution < 1.29 is 9.90 Å². The molecule has 1 heterocycles. The number of aliphatic imine (C=N–C) groups is 1. The van der Waals surface area contributed by atoms with Crippen LogP contribution >= 0.6 is 0 Å². The van der Waals surface area contributed by atoms with Gasteiger partial charge in [0.2, 0.25) is 0 Å². The molecule has 4 rings (SSSR count). The molecule has 0 unspecified atom stereocenters. The molecule has 86 valence electrons. The summed E-state index contributed by atoms with van der Waals surface area (Å²) in [4.78, 5) is 15.7. The smallest absolute Gasteiger partial charge is 0.334 e. The number of hydrogen-bond acceptors (Lipinski definition) is 2. The van der Waals surface area contributed by atoms with Crippen molar-refractivity contribution in [2.24, 2.45) is 4.99 Å². The average Bonchev–Trinajstić information content (AvgIpc) is 2.92. The molecule has 3 heteroatoms. The Morgan fingerprint density at radius 1 is 1.11 bits per heavy atom. The third-order valence-corrected chi connectivity index (χ3v) is 3.62. The molecule has 0 aromatic heterocycles. The monoisotopic (exact) mass is 235 g/mol. The van der Waals surface area contributed by atoms with E-state index in [1.807, 2.05) is 36.4 Å². The van der Waals surface area contributed by atoms with Crippen LogP contribution in [-0.2, 0) is 4.79 Å². The summed E-state index contributed by atoms with van der Waals surface area (Å²) in [5.41, 5.74) is 4.15. The fourth-order valence-corrected chi connectivity index (χ4v) is 2.89. The van der Waals surface area contributed by atoms with E-state index >= 15 is 0 Å². The predicted molar refractivity (Wildman–Crippen MR) is 69.9 cm³/mol. The Morgan fingerprint density at radius 3 is 2.56 bits per heavy atom. The molecule has 0 amide bonds. The SMILES string of the molecule is O=C(O)C1=C2C(=NC1)c1cccc3cccc2c13. The van der Waals surface area contributed by atoms with Crippen LogP contribution in [0.1, 0.15) is 11.1 Å². The maximum atomic E-state index is 11.3. The van der Waals surface area contributed by atoms with Crippen LogP contribution in [0.3, 0.4) is 0 Å². The van der Waals surface area contributed by atoms with Crippen molar-refractivity contribution in [1.82, 2.24) is 0 Å². The molecule has 0 bridgehead atoms. The van der Waals surface area contributed by atoms with Gasteiger partial charge in [-0.15, -0.1) is 0 Å². The number of benzene rings is 2. The summed E-state index contributed by atoms with van der Waals surface area (Å²) in [6.07, 6.45) is 0. The number of nitrogens with zero attached hydrogens (tertiary/aromatic N) is 1. The van der Waals surface area contributed by atoms with Crippen LogP contribution in [0.15, 0.2) is 47.0 Å². The molecule has 0 fully saturated rings. The molecule has 1 aliphatic heterocycles. The van der Waals surface area contributed by atoms with Gasteiger partial charge in [-0.2, -0.15) is 0 Å². The highest BCUT2D eigenvalue weighted by atomic mass is 16.4. The lowest BCUT2D eigenvalue weighted by atomic mass is 10.0. The van der Waals surface area contributed by atoms with E-state index in [1.165, 1.54) is 0 Å². The number of carboxylic acid groups (broad SMARTS) is 1. The number of fused-ring (bicyclic) bond motifs is 3. The summed E-state index contributed by atoms with van der Waals surface area (Å²) >= 11 is 0. The van der Waals surface area contributed by atoms with E-state index in [0.717, 1.165) is 33.2 Å². The van der Waals surface area contributed by atoms with E-state index in [0.29, 0.717) is 5.57 Å². The van der Waals surface area contributed by atoms with Gasteiger partial charge in [0.25, 0.3) is 0 Å². The van der Waals surface area contributed by atoms with Gasteiger partial charge in [0.1, 0.15) is 0 Å². The van der Waals surface area contributed by atoms with Crippen LogP contribution in [0, 0.1) is 0 Å². The minimum absolute atomic E-state index is 0.282. The lowest BCUT2D eigenvalue weighted by molar-refractivity contribution is -0.132. The maximum absolute atomic E-state index is 11.3. The average molecular weight is 235 g/mol. The fourth-order valence-electron chi connectivity index (χ4n) is 2.89. The zero-order valence-electron chi connectivity index (χ0n) is 9.47. The molecule has 18 heavy (non-hydrogen) atoms. The molecule has 2 aromatic rings. The summed E-state index contributed by atoms with van der Waals surface area (Å²) in [7, 11) is 0. The van der Waals surface area contributed by atoms with Gasteiger partial charge in [0.05, 0.1) is 17.8 Å².